The molecule has 0 aliphatic heterocycles. The molecule has 0 aromatic heterocycles. The standard InChI is InChI=1S/C14H30BN3O4/c1-4-22-14(20)12(8-5-6-10-16-3)18-13(19)9-7-11-17-15(2)21/h12,16-17,21H,4-11H2,1-3H3,(H,18,19)/t12-/m0/s1. The third-order valence-electron chi connectivity index (χ3n) is 3.10. The van der Waals surface area contributed by atoms with Crippen LogP contribution in [0, 0.1) is 0 Å². The van der Waals surface area contributed by atoms with E-state index in [9.17, 15) is 9.59 Å². The minimum Gasteiger partial charge on any atom is -0.464 e. The zero-order valence-electron chi connectivity index (χ0n) is 14.0. The van der Waals surface area contributed by atoms with E-state index in [1.165, 1.54) is 0 Å². The first-order valence-electron chi connectivity index (χ1n) is 8.03. The van der Waals surface area contributed by atoms with E-state index in [1.54, 1.807) is 13.7 Å². The Kier molecular flexibility index (Phi) is 12.9. The van der Waals surface area contributed by atoms with Crippen LogP contribution in [-0.2, 0) is 14.3 Å². The Labute approximate surface area is 133 Å². The van der Waals surface area contributed by atoms with Gasteiger partial charge in [-0.3, -0.25) is 4.79 Å². The van der Waals surface area contributed by atoms with E-state index in [0.717, 1.165) is 19.4 Å². The largest absolute Gasteiger partial charge is 0.464 e. The Balaban J connectivity index is 4.13. The molecule has 0 unspecified atom stereocenters. The predicted molar refractivity (Wildman–Crippen MR) is 87.4 cm³/mol. The summed E-state index contributed by atoms with van der Waals surface area (Å²) in [6, 6.07) is -0.575. The van der Waals surface area contributed by atoms with Crippen LogP contribution in [0.4, 0.5) is 0 Å². The average Bonchev–Trinajstić information content (AvgIpc) is 2.47. The van der Waals surface area contributed by atoms with Gasteiger partial charge in [0.25, 0.3) is 0 Å². The third kappa shape index (κ3) is 11.5. The second-order valence-corrected chi connectivity index (χ2v) is 5.21. The van der Waals surface area contributed by atoms with Crippen molar-refractivity contribution in [2.24, 2.45) is 0 Å². The molecular formula is C14H30BN3O4. The fourth-order valence-electron chi connectivity index (χ4n) is 1.97. The molecule has 0 saturated carbocycles. The van der Waals surface area contributed by atoms with Crippen molar-refractivity contribution in [3.05, 3.63) is 0 Å². The van der Waals surface area contributed by atoms with Gasteiger partial charge in [0.1, 0.15) is 6.04 Å². The number of amides is 1. The van der Waals surface area contributed by atoms with Crippen LogP contribution < -0.4 is 15.9 Å². The van der Waals surface area contributed by atoms with Crippen LogP contribution in [0.25, 0.3) is 0 Å². The fraction of sp³-hybridized carbons (Fsp3) is 0.857. The minimum absolute atomic E-state index is 0.168. The van der Waals surface area contributed by atoms with E-state index in [1.807, 2.05) is 7.05 Å². The number of hydrogen-bond donors (Lipinski definition) is 4. The molecule has 0 fully saturated rings. The summed E-state index contributed by atoms with van der Waals surface area (Å²) in [6.45, 7) is 5.12. The lowest BCUT2D eigenvalue weighted by Gasteiger charge is -2.17. The summed E-state index contributed by atoms with van der Waals surface area (Å²) in [7, 11) is 1.30. The van der Waals surface area contributed by atoms with E-state index in [0.29, 0.717) is 32.4 Å². The van der Waals surface area contributed by atoms with Gasteiger partial charge in [-0.2, -0.15) is 0 Å². The van der Waals surface area contributed by atoms with Crippen molar-refractivity contribution in [3.63, 3.8) is 0 Å². The summed E-state index contributed by atoms with van der Waals surface area (Å²) in [5.41, 5.74) is 0. The number of ether oxygens (including phenoxy) is 1. The van der Waals surface area contributed by atoms with Crippen LogP contribution >= 0.6 is 0 Å². The van der Waals surface area contributed by atoms with Gasteiger partial charge in [-0.1, -0.05) is 0 Å². The molecular weight excluding hydrogens is 285 g/mol. The summed E-state index contributed by atoms with van der Waals surface area (Å²) in [6.07, 6.45) is 3.28. The molecule has 0 aromatic rings. The highest BCUT2D eigenvalue weighted by Gasteiger charge is 2.21. The summed E-state index contributed by atoms with van der Waals surface area (Å²) in [5, 5.41) is 17.7. The maximum absolute atomic E-state index is 11.9. The molecule has 8 heteroatoms. The Morgan fingerprint density at radius 1 is 1.23 bits per heavy atom. The van der Waals surface area contributed by atoms with Crippen LogP contribution in [0.3, 0.4) is 0 Å². The monoisotopic (exact) mass is 315 g/mol. The van der Waals surface area contributed by atoms with Gasteiger partial charge in [-0.05, 0) is 59.6 Å². The molecule has 0 heterocycles. The molecule has 4 N–H and O–H groups in total. The molecule has 7 nitrogen and oxygen atoms in total. The predicted octanol–water partition coefficient (Wildman–Crippen LogP) is -0.0959. The first-order chi connectivity index (χ1) is 10.5. The molecule has 0 aromatic carbocycles. The second kappa shape index (κ2) is 13.5. The Hall–Kier alpha value is -1.12. The normalized spacial score (nSPS) is 11.8. The van der Waals surface area contributed by atoms with E-state index >= 15 is 0 Å². The van der Waals surface area contributed by atoms with Crippen molar-refractivity contribution in [3.8, 4) is 0 Å². The topological polar surface area (TPSA) is 99.7 Å². The first kappa shape index (κ1) is 20.9. The highest BCUT2D eigenvalue weighted by molar-refractivity contribution is 6.45. The Bertz CT molecular complexity index is 316. The minimum atomic E-state index is -0.581. The Morgan fingerprint density at radius 2 is 1.95 bits per heavy atom. The number of carbonyl (C=O) groups excluding carboxylic acids is 2. The lowest BCUT2D eigenvalue weighted by molar-refractivity contribution is -0.147. The SMILES string of the molecule is CCOC(=O)[C@H](CCCCNC)NC(=O)CCCNB(C)O. The maximum atomic E-state index is 11.9. The van der Waals surface area contributed by atoms with Gasteiger partial charge in [0.2, 0.25) is 5.91 Å². The molecule has 0 saturated heterocycles. The van der Waals surface area contributed by atoms with Crippen molar-refractivity contribution in [1.82, 2.24) is 15.9 Å². The number of nitrogens with one attached hydrogen (secondary N) is 3. The van der Waals surface area contributed by atoms with Crippen molar-refractivity contribution < 1.29 is 19.3 Å². The maximum Gasteiger partial charge on any atom is 0.373 e. The lowest BCUT2D eigenvalue weighted by Crippen LogP contribution is -2.42. The van der Waals surface area contributed by atoms with Gasteiger partial charge in [0.05, 0.1) is 6.61 Å². The van der Waals surface area contributed by atoms with Crippen LogP contribution in [0.5, 0.6) is 0 Å². The van der Waals surface area contributed by atoms with Gasteiger partial charge in [0, 0.05) is 6.42 Å². The number of hydrogen-bond acceptors (Lipinski definition) is 6. The van der Waals surface area contributed by atoms with E-state index in [-0.39, 0.29) is 11.9 Å². The summed E-state index contributed by atoms with van der Waals surface area (Å²) in [4.78, 5) is 23.7. The van der Waals surface area contributed by atoms with Crippen LogP contribution in [0.15, 0.2) is 0 Å². The van der Waals surface area contributed by atoms with E-state index < -0.39 is 13.1 Å². The molecule has 0 bridgehead atoms. The van der Waals surface area contributed by atoms with Gasteiger partial charge in [0.15, 0.2) is 0 Å². The van der Waals surface area contributed by atoms with E-state index in [2.05, 4.69) is 15.9 Å². The number of rotatable bonds is 13. The van der Waals surface area contributed by atoms with E-state index in [4.69, 9.17) is 9.76 Å². The molecule has 0 radical (unpaired) electrons. The molecule has 0 aliphatic carbocycles. The molecule has 22 heavy (non-hydrogen) atoms. The lowest BCUT2D eigenvalue weighted by atomic mass is 9.89. The molecule has 0 spiro atoms. The average molecular weight is 315 g/mol. The Morgan fingerprint density at radius 3 is 2.55 bits per heavy atom. The van der Waals surface area contributed by atoms with Crippen molar-refractivity contribution in [2.45, 2.75) is 51.9 Å². The van der Waals surface area contributed by atoms with Crippen LogP contribution in [0.1, 0.15) is 39.0 Å². The number of esters is 1. The smallest absolute Gasteiger partial charge is 0.373 e. The quantitative estimate of drug-likeness (QED) is 0.215. The summed E-state index contributed by atoms with van der Waals surface area (Å²) in [5.74, 6) is -0.540. The molecule has 1 atom stereocenters. The molecule has 0 rings (SSSR count). The highest BCUT2D eigenvalue weighted by Crippen LogP contribution is 2.04. The second-order valence-electron chi connectivity index (χ2n) is 5.21. The van der Waals surface area contributed by atoms with Gasteiger partial charge in [-0.15, -0.1) is 0 Å². The zero-order chi connectivity index (χ0) is 16.8. The third-order valence-corrected chi connectivity index (χ3v) is 3.10. The van der Waals surface area contributed by atoms with Gasteiger partial charge >= 0.3 is 13.0 Å². The number of carbonyl (C=O) groups is 2. The van der Waals surface area contributed by atoms with Crippen molar-refractivity contribution in [1.29, 1.82) is 0 Å². The van der Waals surface area contributed by atoms with Crippen molar-refractivity contribution in [2.75, 3.05) is 26.7 Å². The van der Waals surface area contributed by atoms with Crippen LogP contribution in [-0.4, -0.2) is 56.7 Å². The van der Waals surface area contributed by atoms with Gasteiger partial charge in [-0.25, -0.2) is 4.79 Å². The molecule has 1 amide bonds. The summed E-state index contributed by atoms with van der Waals surface area (Å²) < 4.78 is 5.00. The van der Waals surface area contributed by atoms with Crippen LogP contribution in [0.2, 0.25) is 6.82 Å². The summed E-state index contributed by atoms with van der Waals surface area (Å²) >= 11 is 0. The van der Waals surface area contributed by atoms with Gasteiger partial charge < -0.3 is 25.6 Å². The zero-order valence-corrected chi connectivity index (χ0v) is 14.0. The van der Waals surface area contributed by atoms with Crippen molar-refractivity contribution >= 4 is 18.9 Å². The molecule has 0 aliphatic rings. The fourth-order valence-corrected chi connectivity index (χ4v) is 1.97. The highest BCUT2D eigenvalue weighted by atomic mass is 16.5. The number of unbranched alkanes of at least 4 members (excludes halogenated alkanes) is 1. The first-order valence-corrected chi connectivity index (χ1v) is 8.03. The molecule has 128 valence electrons.